The van der Waals surface area contributed by atoms with Crippen LogP contribution in [0.3, 0.4) is 0 Å². The molecule has 5 aromatic rings. The van der Waals surface area contributed by atoms with E-state index in [2.05, 4.69) is 27.8 Å². The van der Waals surface area contributed by atoms with Gasteiger partial charge in [-0.1, -0.05) is 36.4 Å². The van der Waals surface area contributed by atoms with Crippen LogP contribution in [0, 0.1) is 0 Å². The fourth-order valence-corrected chi connectivity index (χ4v) is 5.16. The molecular weight excluding hydrogens is 518 g/mol. The topological polar surface area (TPSA) is 82.0 Å². The Morgan fingerprint density at radius 2 is 1.54 bits per heavy atom. The van der Waals surface area contributed by atoms with Crippen molar-refractivity contribution in [2.75, 3.05) is 51.9 Å². The molecule has 1 aliphatic rings. The van der Waals surface area contributed by atoms with Gasteiger partial charge in [-0.15, -0.1) is 0 Å². The maximum Gasteiger partial charge on any atom is 0.260 e. The smallest absolute Gasteiger partial charge is 0.260 e. The Balaban J connectivity index is 1.25. The number of nitrogens with zero attached hydrogens (tertiary/aromatic N) is 5. The van der Waals surface area contributed by atoms with Crippen molar-refractivity contribution < 1.29 is 19.0 Å². The summed E-state index contributed by atoms with van der Waals surface area (Å²) in [4.78, 5) is 26.5. The molecule has 0 N–H and O–H groups in total. The molecule has 0 saturated carbocycles. The van der Waals surface area contributed by atoms with Gasteiger partial charge in [0, 0.05) is 44.0 Å². The molecule has 208 valence electrons. The van der Waals surface area contributed by atoms with E-state index in [0.717, 1.165) is 45.2 Å². The van der Waals surface area contributed by atoms with Gasteiger partial charge in [0.2, 0.25) is 0 Å². The summed E-state index contributed by atoms with van der Waals surface area (Å²) in [6, 6.07) is 25.4. The number of ether oxygens (including phenoxy) is 3. The normalized spacial score (nSPS) is 13.3. The van der Waals surface area contributed by atoms with Crippen molar-refractivity contribution in [2.45, 2.75) is 0 Å². The predicted molar refractivity (Wildman–Crippen MR) is 158 cm³/mol. The molecule has 9 nitrogen and oxygen atoms in total. The van der Waals surface area contributed by atoms with Crippen LogP contribution in [-0.4, -0.2) is 72.3 Å². The van der Waals surface area contributed by atoms with E-state index in [4.69, 9.17) is 24.2 Å². The van der Waals surface area contributed by atoms with Crippen LogP contribution >= 0.6 is 0 Å². The van der Waals surface area contributed by atoms with Crippen molar-refractivity contribution in [2.24, 2.45) is 0 Å². The van der Waals surface area contributed by atoms with Gasteiger partial charge in [-0.2, -0.15) is 0 Å². The number of piperazine rings is 1. The van der Waals surface area contributed by atoms with Gasteiger partial charge in [-0.05, 0) is 42.0 Å². The van der Waals surface area contributed by atoms with Gasteiger partial charge in [-0.3, -0.25) is 4.79 Å². The van der Waals surface area contributed by atoms with E-state index in [1.807, 2.05) is 59.5 Å². The Bertz CT molecular complexity index is 1640. The lowest BCUT2D eigenvalue weighted by molar-refractivity contribution is -0.133. The predicted octanol–water partition coefficient (Wildman–Crippen LogP) is 4.83. The molecule has 0 aliphatic carbocycles. The lowest BCUT2D eigenvalue weighted by Crippen LogP contribution is -2.50. The minimum Gasteiger partial charge on any atom is -0.497 e. The molecule has 3 heterocycles. The summed E-state index contributed by atoms with van der Waals surface area (Å²) < 4.78 is 18.5. The second-order valence-corrected chi connectivity index (χ2v) is 9.71. The molecule has 0 spiro atoms. The zero-order chi connectivity index (χ0) is 28.2. The quantitative estimate of drug-likeness (QED) is 0.274. The lowest BCUT2D eigenvalue weighted by Gasteiger charge is -2.35. The third-order valence-electron chi connectivity index (χ3n) is 7.33. The number of aromatic nitrogens is 3. The molecule has 6 rings (SSSR count). The zero-order valence-corrected chi connectivity index (χ0v) is 23.1. The SMILES string of the molecule is COc1ccc(OCC(=O)N2CCN(c3ncnc4c3c(-c3ccccc3)cn4-c3cccc(OC)c3)CC2)cc1. The molecule has 0 atom stereocenters. The maximum atomic E-state index is 12.9. The van der Waals surface area contributed by atoms with Crippen molar-refractivity contribution in [1.82, 2.24) is 19.4 Å². The molecule has 2 aromatic heterocycles. The zero-order valence-electron chi connectivity index (χ0n) is 23.1. The molecule has 1 saturated heterocycles. The average molecular weight is 550 g/mol. The Morgan fingerprint density at radius 1 is 0.805 bits per heavy atom. The van der Waals surface area contributed by atoms with Gasteiger partial charge >= 0.3 is 0 Å². The average Bonchev–Trinajstić information content (AvgIpc) is 3.44. The van der Waals surface area contributed by atoms with Crippen molar-refractivity contribution in [3.8, 4) is 34.1 Å². The van der Waals surface area contributed by atoms with Crippen LogP contribution in [0.25, 0.3) is 27.8 Å². The highest BCUT2D eigenvalue weighted by Gasteiger charge is 2.26. The molecular formula is C32H31N5O4. The summed E-state index contributed by atoms with van der Waals surface area (Å²) in [5, 5.41) is 0.976. The van der Waals surface area contributed by atoms with Crippen LogP contribution in [0.1, 0.15) is 0 Å². The molecule has 1 aliphatic heterocycles. The molecule has 0 radical (unpaired) electrons. The maximum absolute atomic E-state index is 12.9. The first-order valence-electron chi connectivity index (χ1n) is 13.5. The number of rotatable bonds is 8. The molecule has 0 bridgehead atoms. The van der Waals surface area contributed by atoms with E-state index in [9.17, 15) is 4.79 Å². The Hall–Kier alpha value is -5.05. The number of fused-ring (bicyclic) bond motifs is 1. The summed E-state index contributed by atoms with van der Waals surface area (Å²) in [6.45, 7) is 2.45. The second kappa shape index (κ2) is 11.6. The van der Waals surface area contributed by atoms with E-state index in [1.54, 1.807) is 32.7 Å². The first kappa shape index (κ1) is 26.2. The number of carbonyl (C=O) groups is 1. The van der Waals surface area contributed by atoms with Crippen LogP contribution in [0.4, 0.5) is 5.82 Å². The Labute approximate surface area is 238 Å². The van der Waals surface area contributed by atoms with Crippen LogP contribution in [-0.2, 0) is 4.79 Å². The highest BCUT2D eigenvalue weighted by atomic mass is 16.5. The van der Waals surface area contributed by atoms with Crippen LogP contribution in [0.15, 0.2) is 91.4 Å². The fourth-order valence-electron chi connectivity index (χ4n) is 5.16. The van der Waals surface area contributed by atoms with E-state index in [0.29, 0.717) is 31.9 Å². The summed E-state index contributed by atoms with van der Waals surface area (Å²) in [7, 11) is 3.28. The first-order chi connectivity index (χ1) is 20.1. The summed E-state index contributed by atoms with van der Waals surface area (Å²) in [5.74, 6) is 2.97. The molecule has 1 fully saturated rings. The number of amides is 1. The highest BCUT2D eigenvalue weighted by molar-refractivity contribution is 6.02. The van der Waals surface area contributed by atoms with E-state index >= 15 is 0 Å². The van der Waals surface area contributed by atoms with Crippen molar-refractivity contribution in [1.29, 1.82) is 0 Å². The third-order valence-corrected chi connectivity index (χ3v) is 7.33. The van der Waals surface area contributed by atoms with Crippen molar-refractivity contribution >= 4 is 22.8 Å². The molecule has 0 unspecified atom stereocenters. The highest BCUT2D eigenvalue weighted by Crippen LogP contribution is 2.37. The number of hydrogen-bond donors (Lipinski definition) is 0. The lowest BCUT2D eigenvalue weighted by atomic mass is 10.1. The molecule has 9 heteroatoms. The summed E-state index contributed by atoms with van der Waals surface area (Å²) >= 11 is 0. The van der Waals surface area contributed by atoms with Gasteiger partial charge in [0.25, 0.3) is 5.91 Å². The van der Waals surface area contributed by atoms with E-state index in [-0.39, 0.29) is 12.5 Å². The first-order valence-corrected chi connectivity index (χ1v) is 13.5. The minimum atomic E-state index is -0.0394. The van der Waals surface area contributed by atoms with Crippen LogP contribution < -0.4 is 19.1 Å². The second-order valence-electron chi connectivity index (χ2n) is 9.71. The van der Waals surface area contributed by atoms with E-state index < -0.39 is 0 Å². The summed E-state index contributed by atoms with van der Waals surface area (Å²) in [6.07, 6.45) is 3.73. The largest absolute Gasteiger partial charge is 0.497 e. The van der Waals surface area contributed by atoms with Gasteiger partial charge < -0.3 is 28.6 Å². The van der Waals surface area contributed by atoms with Crippen LogP contribution in [0.2, 0.25) is 0 Å². The number of methoxy groups -OCH3 is 2. The fraction of sp³-hybridized carbons (Fsp3) is 0.219. The number of benzene rings is 3. The monoisotopic (exact) mass is 549 g/mol. The summed E-state index contributed by atoms with van der Waals surface area (Å²) in [5.41, 5.74) is 3.90. The van der Waals surface area contributed by atoms with Gasteiger partial charge in [0.05, 0.1) is 25.3 Å². The molecule has 3 aromatic carbocycles. The van der Waals surface area contributed by atoms with Gasteiger partial charge in [-0.25, -0.2) is 9.97 Å². The Morgan fingerprint density at radius 3 is 2.27 bits per heavy atom. The van der Waals surface area contributed by atoms with Crippen molar-refractivity contribution in [3.63, 3.8) is 0 Å². The van der Waals surface area contributed by atoms with Gasteiger partial charge in [0.1, 0.15) is 29.4 Å². The molecule has 41 heavy (non-hydrogen) atoms. The number of hydrogen-bond acceptors (Lipinski definition) is 7. The number of carbonyl (C=O) groups excluding carboxylic acids is 1. The standard InChI is InChI=1S/C32H31N5O4/c1-39-25-11-13-26(14-12-25)41-21-29(38)35-15-17-36(18-16-35)31-30-28(23-7-4-3-5-8-23)20-37(32(30)34-22-33-31)24-9-6-10-27(19-24)40-2/h3-14,19-20,22H,15-18,21H2,1-2H3. The third kappa shape index (κ3) is 5.38. The van der Waals surface area contributed by atoms with Gasteiger partial charge in [0.15, 0.2) is 12.3 Å². The Kier molecular flexibility index (Phi) is 7.40. The van der Waals surface area contributed by atoms with Crippen LogP contribution in [0.5, 0.6) is 17.2 Å². The van der Waals surface area contributed by atoms with E-state index in [1.165, 1.54) is 0 Å². The molecule has 1 amide bonds. The van der Waals surface area contributed by atoms with Crippen molar-refractivity contribution in [3.05, 3.63) is 91.4 Å². The minimum absolute atomic E-state index is 0.00831. The number of anilines is 1.